The minimum atomic E-state index is -0.577. The number of imidazole rings is 1. The number of pyridine rings is 1. The van der Waals surface area contributed by atoms with Gasteiger partial charge in [0.2, 0.25) is 0 Å². The summed E-state index contributed by atoms with van der Waals surface area (Å²) in [5, 5.41) is 24.9. The Balaban J connectivity index is 1.34. The van der Waals surface area contributed by atoms with Crippen LogP contribution in [0.5, 0.6) is 0 Å². The summed E-state index contributed by atoms with van der Waals surface area (Å²) >= 11 is 0. The quantitative estimate of drug-likeness (QED) is 0.258. The molecule has 0 saturated heterocycles. The van der Waals surface area contributed by atoms with Gasteiger partial charge in [-0.1, -0.05) is 38.1 Å². The Labute approximate surface area is 246 Å². The molecule has 3 N–H and O–H groups in total. The first-order chi connectivity index (χ1) is 20.1. The van der Waals surface area contributed by atoms with E-state index in [1.165, 1.54) is 0 Å². The summed E-state index contributed by atoms with van der Waals surface area (Å²) in [5.74, 6) is 0.987. The van der Waals surface area contributed by atoms with Gasteiger partial charge in [-0.15, -0.1) is 0 Å². The fourth-order valence-electron chi connectivity index (χ4n) is 7.89. The molecule has 0 bridgehead atoms. The van der Waals surface area contributed by atoms with Gasteiger partial charge in [-0.25, -0.2) is 14.8 Å². The van der Waals surface area contributed by atoms with Crippen molar-refractivity contribution in [2.24, 2.45) is 29.7 Å². The fraction of sp³-hybridized carbons (Fsp3) is 0.441. The van der Waals surface area contributed by atoms with Gasteiger partial charge >= 0.3 is 5.97 Å². The molecule has 3 aliphatic rings. The SMILES string of the molecule is C=C1CCC2[C@](C)(CC[C@@H](O)[C@@]2(C)CO)C1CC(Nc1ccccn1)C1=C/C(=C\c2ccc3c(c2)ncn3C)OC1=O. The molecule has 0 spiro atoms. The third kappa shape index (κ3) is 4.86. The number of carbonyl (C=O) groups is 1. The average molecular weight is 569 g/mol. The molecule has 3 aromatic rings. The zero-order valence-electron chi connectivity index (χ0n) is 24.6. The van der Waals surface area contributed by atoms with Crippen LogP contribution in [0.1, 0.15) is 51.5 Å². The summed E-state index contributed by atoms with van der Waals surface area (Å²) in [5.41, 5.74) is 3.75. The van der Waals surface area contributed by atoms with Gasteiger partial charge in [-0.2, -0.15) is 0 Å². The van der Waals surface area contributed by atoms with Crippen LogP contribution in [0.15, 0.2) is 78.5 Å². The van der Waals surface area contributed by atoms with Crippen LogP contribution >= 0.6 is 0 Å². The van der Waals surface area contributed by atoms with Gasteiger partial charge in [0.1, 0.15) is 11.6 Å². The molecule has 3 unspecified atom stereocenters. The van der Waals surface area contributed by atoms with Crippen LogP contribution in [0.4, 0.5) is 5.82 Å². The summed E-state index contributed by atoms with van der Waals surface area (Å²) in [4.78, 5) is 22.3. The van der Waals surface area contributed by atoms with Crippen LogP contribution in [-0.4, -0.2) is 49.5 Å². The van der Waals surface area contributed by atoms with Crippen LogP contribution in [-0.2, 0) is 16.6 Å². The van der Waals surface area contributed by atoms with E-state index in [1.807, 2.05) is 67.1 Å². The lowest BCUT2D eigenvalue weighted by molar-refractivity contribution is -0.152. The second kappa shape index (κ2) is 10.8. The van der Waals surface area contributed by atoms with Gasteiger partial charge < -0.3 is 24.8 Å². The van der Waals surface area contributed by atoms with E-state index in [0.29, 0.717) is 30.0 Å². The lowest BCUT2D eigenvalue weighted by Crippen LogP contribution is -2.58. The van der Waals surface area contributed by atoms with E-state index in [9.17, 15) is 15.0 Å². The largest absolute Gasteiger partial charge is 0.423 e. The molecule has 1 aliphatic heterocycles. The number of benzene rings is 1. The second-order valence-electron chi connectivity index (χ2n) is 12.8. The number of nitrogens with one attached hydrogen (secondary N) is 1. The zero-order chi connectivity index (χ0) is 29.6. The number of aromatic nitrogens is 3. The van der Waals surface area contributed by atoms with E-state index in [1.54, 1.807) is 12.5 Å². The van der Waals surface area contributed by atoms with Crippen molar-refractivity contribution in [3.63, 3.8) is 0 Å². The van der Waals surface area contributed by atoms with Crippen LogP contribution in [0.25, 0.3) is 17.1 Å². The van der Waals surface area contributed by atoms with Crippen molar-refractivity contribution in [1.82, 2.24) is 14.5 Å². The Hall–Kier alpha value is -3.75. The smallest absolute Gasteiger partial charge is 0.341 e. The molecule has 6 atom stereocenters. The molecule has 8 heteroatoms. The summed E-state index contributed by atoms with van der Waals surface area (Å²) in [6, 6.07) is 11.3. The molecule has 0 radical (unpaired) electrons. The third-order valence-electron chi connectivity index (χ3n) is 10.3. The molecule has 42 heavy (non-hydrogen) atoms. The van der Waals surface area contributed by atoms with E-state index in [4.69, 9.17) is 4.74 Å². The van der Waals surface area contributed by atoms with Gasteiger partial charge in [0, 0.05) is 18.7 Å². The number of anilines is 1. The number of ether oxygens (including phenoxy) is 1. The normalized spacial score (nSPS) is 31.1. The van der Waals surface area contributed by atoms with E-state index in [2.05, 4.69) is 28.8 Å². The molecule has 6 rings (SSSR count). The maximum atomic E-state index is 13.4. The Bertz CT molecular complexity index is 1580. The first kappa shape index (κ1) is 28.4. The lowest BCUT2D eigenvalue weighted by Gasteiger charge is -2.60. The van der Waals surface area contributed by atoms with Crippen LogP contribution in [0, 0.1) is 22.7 Å². The average Bonchev–Trinajstić information content (AvgIpc) is 3.54. The van der Waals surface area contributed by atoms with Crippen molar-refractivity contribution in [2.45, 2.75) is 58.1 Å². The molecule has 0 amide bonds. The van der Waals surface area contributed by atoms with Crippen molar-refractivity contribution >= 4 is 28.9 Å². The van der Waals surface area contributed by atoms with Gasteiger partial charge in [-0.05, 0) is 91.3 Å². The van der Waals surface area contributed by atoms with Crippen LogP contribution in [0.2, 0.25) is 0 Å². The lowest BCUT2D eigenvalue weighted by atomic mass is 9.46. The third-order valence-corrected chi connectivity index (χ3v) is 10.3. The number of aryl methyl sites for hydroxylation is 1. The minimum Gasteiger partial charge on any atom is -0.423 e. The van der Waals surface area contributed by atoms with Crippen molar-refractivity contribution in [1.29, 1.82) is 0 Å². The second-order valence-corrected chi connectivity index (χ2v) is 12.8. The number of fused-ring (bicyclic) bond motifs is 2. The molecule has 220 valence electrons. The fourth-order valence-corrected chi connectivity index (χ4v) is 7.89. The highest BCUT2D eigenvalue weighted by Crippen LogP contribution is 2.62. The van der Waals surface area contributed by atoms with E-state index >= 15 is 0 Å². The minimum absolute atomic E-state index is 0.0564. The number of nitrogens with zero attached hydrogens (tertiary/aromatic N) is 3. The predicted molar refractivity (Wildman–Crippen MR) is 163 cm³/mol. The van der Waals surface area contributed by atoms with Crippen LogP contribution in [0.3, 0.4) is 0 Å². The number of aliphatic hydroxyl groups excluding tert-OH is 2. The van der Waals surface area contributed by atoms with Crippen molar-refractivity contribution in [2.75, 3.05) is 11.9 Å². The first-order valence-corrected chi connectivity index (χ1v) is 14.8. The Morgan fingerprint density at radius 1 is 1.24 bits per heavy atom. The summed E-state index contributed by atoms with van der Waals surface area (Å²) in [6.45, 7) is 8.75. The Morgan fingerprint density at radius 3 is 2.83 bits per heavy atom. The first-order valence-electron chi connectivity index (χ1n) is 14.8. The topological polar surface area (TPSA) is 110 Å². The van der Waals surface area contributed by atoms with Gasteiger partial charge in [0.25, 0.3) is 0 Å². The molecule has 8 nitrogen and oxygen atoms in total. The zero-order valence-corrected chi connectivity index (χ0v) is 24.6. The van der Waals surface area contributed by atoms with E-state index in [0.717, 1.165) is 41.4 Å². The summed E-state index contributed by atoms with van der Waals surface area (Å²) in [7, 11) is 1.96. The molecule has 1 aromatic carbocycles. The number of hydrogen-bond donors (Lipinski definition) is 3. The highest BCUT2D eigenvalue weighted by Gasteiger charge is 2.58. The number of esters is 1. The highest BCUT2D eigenvalue weighted by atomic mass is 16.5. The Morgan fingerprint density at radius 2 is 2.07 bits per heavy atom. The maximum Gasteiger partial charge on any atom is 0.341 e. The number of rotatable bonds is 7. The summed E-state index contributed by atoms with van der Waals surface area (Å²) in [6.07, 6.45) is 10.5. The van der Waals surface area contributed by atoms with Gasteiger partial charge in [-0.3, -0.25) is 0 Å². The number of allylic oxidation sites excluding steroid dienone is 2. The Kier molecular flexibility index (Phi) is 7.31. The van der Waals surface area contributed by atoms with Crippen molar-refractivity contribution in [3.05, 3.63) is 84.0 Å². The monoisotopic (exact) mass is 568 g/mol. The van der Waals surface area contributed by atoms with Crippen LogP contribution < -0.4 is 5.32 Å². The molecular formula is C34H40N4O4. The number of cyclic esters (lactones) is 1. The molecular weight excluding hydrogens is 528 g/mol. The highest BCUT2D eigenvalue weighted by molar-refractivity contribution is 5.95. The molecule has 2 aliphatic carbocycles. The van der Waals surface area contributed by atoms with Gasteiger partial charge in [0.05, 0.1) is 41.7 Å². The van der Waals surface area contributed by atoms with E-state index < -0.39 is 11.5 Å². The van der Waals surface area contributed by atoms with Crippen molar-refractivity contribution in [3.8, 4) is 0 Å². The van der Waals surface area contributed by atoms with Gasteiger partial charge in [0.15, 0.2) is 0 Å². The molecule has 3 heterocycles. The number of carbonyl (C=O) groups excluding carboxylic acids is 1. The number of aliphatic hydroxyl groups is 2. The standard InChI is InChI=1S/C34H40N4O4/c1-21-8-11-29-33(2,13-12-30(40)34(29,3)19-39)25(21)18-26(37-31-7-5-6-14-35-31)24-17-23(42-32(24)41)15-22-9-10-28-27(16-22)36-20-38(28)4/h5-7,9-10,14-17,20,25-26,29-30,39-40H,1,8,11-13,18-19H2,2-4H3,(H,35,37)/b23-15+/t25?,26?,29?,30-,33-,34+/m1/s1. The predicted octanol–water partition coefficient (Wildman–Crippen LogP) is 5.41. The molecule has 2 aromatic heterocycles. The molecule has 2 saturated carbocycles. The molecule has 2 fully saturated rings. The maximum absolute atomic E-state index is 13.4. The number of hydrogen-bond acceptors (Lipinski definition) is 7. The van der Waals surface area contributed by atoms with E-state index in [-0.39, 0.29) is 35.9 Å². The van der Waals surface area contributed by atoms with Crippen molar-refractivity contribution < 1.29 is 19.7 Å². The summed E-state index contributed by atoms with van der Waals surface area (Å²) < 4.78 is 7.75.